The van der Waals surface area contributed by atoms with E-state index in [1.54, 1.807) is 6.92 Å². The van der Waals surface area contributed by atoms with Gasteiger partial charge < -0.3 is 26.8 Å². The maximum absolute atomic E-state index is 13.6. The Morgan fingerprint density at radius 1 is 0.602 bits per heavy atom. The summed E-state index contributed by atoms with van der Waals surface area (Å²) >= 11 is 0.569. The summed E-state index contributed by atoms with van der Waals surface area (Å²) < 4.78 is 11.8. The number of rotatable bonds is 9. The number of hydrogen-bond donors (Lipinski definition) is 3. The molecule has 8 fully saturated rings. The van der Waals surface area contributed by atoms with Gasteiger partial charge in [0.1, 0.15) is 18.3 Å². The zero-order valence-electron chi connectivity index (χ0n) is 54.9. The third kappa shape index (κ3) is 10.8. The molecule has 0 bridgehead atoms. The molecule has 0 amide bonds. The minimum atomic E-state index is -1.14. The molecule has 0 aromatic heterocycles. The first kappa shape index (κ1) is 71.3. The van der Waals surface area contributed by atoms with Crippen LogP contribution in [0.25, 0.3) is 0 Å². The summed E-state index contributed by atoms with van der Waals surface area (Å²) in [6.07, 6.45) is 14.9. The predicted octanol–water partition coefficient (Wildman–Crippen LogP) is 10.9. The fourth-order valence-electron chi connectivity index (χ4n) is 23.5. The molecule has 8 saturated carbocycles. The van der Waals surface area contributed by atoms with Crippen molar-refractivity contribution < 1.29 is 87.4 Å². The summed E-state index contributed by atoms with van der Waals surface area (Å²) in [5.74, 6) is 2.75. The molecule has 10 rings (SSSR count). The van der Waals surface area contributed by atoms with Gasteiger partial charge in [0.15, 0.2) is 11.6 Å². The number of aliphatic hydroxyl groups is 2. The average Bonchev–Trinajstić information content (AvgIpc) is 1.10. The zero-order valence-corrected chi connectivity index (χ0v) is 58.4. The number of carbonyl (C=O) groups is 4. The number of allylic oxidation sites excluding steroid dienone is 2. The number of ketones is 2. The molecule has 467 valence electrons. The van der Waals surface area contributed by atoms with Crippen LogP contribution >= 0.6 is 20.4 Å². The maximum Gasteiger partial charge on any atom is 1.00 e. The molecule has 3 radical (unpaired) electrons. The van der Waals surface area contributed by atoms with Crippen LogP contribution in [0.2, 0.25) is 0 Å². The Labute approximate surface area is 539 Å². The second-order valence-electron chi connectivity index (χ2n) is 31.4. The molecule has 0 aromatic rings. The summed E-state index contributed by atoms with van der Waals surface area (Å²) in [4.78, 5) is 62.1. The maximum atomic E-state index is 13.6. The van der Waals surface area contributed by atoms with E-state index in [2.05, 4.69) is 96.9 Å². The Morgan fingerprint density at radius 3 is 1.27 bits per heavy atom. The fraction of sp³-hybridized carbons (Fsp3) is 0.879. The topological polar surface area (TPSA) is 196 Å². The number of Topliss-reactive ketones (excluding diaryl/α,β-unsaturated/α-hetero) is 2. The standard InChI is InChI=1S/C33H51NO6.C33H53NO4.B.2ClH.Na.Ni.H/c1-19(2)27-22(36)17-33(25(37)18-34(38)39)16-15-31(7)21(28(27)33)9-10-24-30(6)13-12-26(40-20(3)35)29(4,5)23(30)11-14-32(24,31)8;1-19(2)27-22(36)17-33(25(37)18-34)16-15-31(7)21(28(27)33)9-10-24-30(6)13-12-26(38-20(3)35)29(4,5)23(30)11-14-32(24,31)8;;;;;;/h19,21,23-26,37H,9-18H2,1-8H3;19,21,23-26,37H,9-18,34H2,1-8H3;;2*1H;;;/q;;;;;+1;+2;-1/p-2/t2*21-,23+,24-,25-,26+,30+,31-,32-,33+;;;;;;/m11....../s1. The number of nitrogens with two attached hydrogens (primary N) is 1. The van der Waals surface area contributed by atoms with Crippen molar-refractivity contribution in [1.82, 2.24) is 0 Å². The van der Waals surface area contributed by atoms with Crippen LogP contribution in [-0.4, -0.2) is 84.6 Å². The van der Waals surface area contributed by atoms with Gasteiger partial charge in [-0.1, -0.05) is 108 Å². The minimum Gasteiger partial charge on any atom is -1.00 e. The molecule has 17 heteroatoms. The number of nitrogens with zero attached hydrogens (tertiary/aromatic N) is 1. The number of hydrogen-bond acceptors (Lipinski definition) is 11. The monoisotopic (exact) mass is 1250 g/mol. The van der Waals surface area contributed by atoms with Crippen molar-refractivity contribution in [2.75, 3.05) is 13.1 Å². The minimum absolute atomic E-state index is 0. The predicted molar refractivity (Wildman–Crippen MR) is 321 cm³/mol. The number of aliphatic hydroxyl groups excluding tert-OH is 2. The molecule has 0 aromatic carbocycles. The van der Waals surface area contributed by atoms with E-state index in [4.69, 9.17) is 35.6 Å². The van der Waals surface area contributed by atoms with Crippen LogP contribution < -0.4 is 35.3 Å². The Morgan fingerprint density at radius 2 is 0.952 bits per heavy atom. The third-order valence-corrected chi connectivity index (χ3v) is 27.3. The number of carbonyl (C=O) groups excluding carboxylic acids is 4. The van der Waals surface area contributed by atoms with Gasteiger partial charge in [-0.3, -0.25) is 29.3 Å². The smallest absolute Gasteiger partial charge is 1.00 e. The van der Waals surface area contributed by atoms with Gasteiger partial charge in [-0.2, -0.15) is 0 Å². The molecule has 4 N–H and O–H groups in total. The number of halogens is 2. The van der Waals surface area contributed by atoms with Crippen molar-refractivity contribution in [2.24, 2.45) is 107 Å². The Kier molecular flexibility index (Phi) is 21.3. The Hall–Kier alpha value is -0.822. The average molecular weight is 1250 g/mol. The largest absolute Gasteiger partial charge is 1.00 e. The molecule has 0 unspecified atom stereocenters. The number of fused-ring (bicyclic) bond motifs is 14. The van der Waals surface area contributed by atoms with Crippen molar-refractivity contribution in [2.45, 2.75) is 251 Å². The summed E-state index contributed by atoms with van der Waals surface area (Å²) in [5, 5.41) is 34.2. The summed E-state index contributed by atoms with van der Waals surface area (Å²) in [5.41, 5.74) is 9.49. The molecule has 12 nitrogen and oxygen atoms in total. The molecule has 10 aliphatic carbocycles. The molecule has 18 atom stereocenters. The van der Waals surface area contributed by atoms with E-state index >= 15 is 0 Å². The summed E-state index contributed by atoms with van der Waals surface area (Å²) in [6, 6.07) is 0. The van der Waals surface area contributed by atoms with E-state index in [0.717, 1.165) is 107 Å². The number of esters is 2. The second-order valence-corrected chi connectivity index (χ2v) is 33.1. The van der Waals surface area contributed by atoms with E-state index in [0.29, 0.717) is 55.1 Å². The van der Waals surface area contributed by atoms with Gasteiger partial charge in [-0.25, -0.2) is 0 Å². The zero-order chi connectivity index (χ0) is 60.4. The third-order valence-electron chi connectivity index (χ3n) is 27.3. The fourth-order valence-corrected chi connectivity index (χ4v) is 23.5. The van der Waals surface area contributed by atoms with Crippen molar-refractivity contribution in [3.05, 3.63) is 32.4 Å². The molecule has 0 aliphatic heterocycles. The molecule has 10 aliphatic rings. The van der Waals surface area contributed by atoms with Crippen LogP contribution in [-0.2, 0) is 41.3 Å². The van der Waals surface area contributed by atoms with Crippen LogP contribution in [0, 0.1) is 112 Å². The molecule has 0 saturated heterocycles. The van der Waals surface area contributed by atoms with Crippen molar-refractivity contribution in [3.63, 3.8) is 0 Å². The number of nitro groups is 1. The van der Waals surface area contributed by atoms with Crippen LogP contribution in [0.5, 0.6) is 0 Å². The van der Waals surface area contributed by atoms with Gasteiger partial charge in [0.25, 0.3) is 0 Å². The molecule has 83 heavy (non-hydrogen) atoms. The van der Waals surface area contributed by atoms with Gasteiger partial charge in [-0.15, -0.1) is 0 Å². The Balaban J connectivity index is 0.000000284. The molecule has 0 spiro atoms. The van der Waals surface area contributed by atoms with Crippen molar-refractivity contribution >= 4 is 52.3 Å². The molecular formula is C66H105BCl2N2NaNiO10. The first-order valence-corrected chi connectivity index (χ1v) is 34.1. The summed E-state index contributed by atoms with van der Waals surface area (Å²) in [6.45, 7) is 35.6. The van der Waals surface area contributed by atoms with Gasteiger partial charge in [-0.05, 0) is 194 Å². The van der Waals surface area contributed by atoms with Crippen LogP contribution in [0.4, 0.5) is 0 Å². The second kappa shape index (κ2) is 24.8. The number of ether oxygens (including phenoxy) is 2. The van der Waals surface area contributed by atoms with Gasteiger partial charge >= 0.3 is 74.5 Å². The SMILES string of the molecule is CC(=O)O[C@H]1CC[C@]2(C)[C@H]3CC[C@@H]4C5=C(C(C)C)C(=O)C[C@]5([C@H](O)CN)CC[C@@]4(C)[C@]3(C)CC[C@H]2C1(C)C.CC(=O)O[C@H]1CC[C@]2(C)[C@H]3CC[C@@H]4C5=C(C(C)C)C(=O)C[C@]5([C@H](O)C[N+](=O)[O-])CC[C@@]4(C)[C@]3(C)CC[C@H]2C1(C)C.[B].[Cl][Ni][Cl].[H-].[Na+]. The van der Waals surface area contributed by atoms with Gasteiger partial charge in [0.2, 0.25) is 6.54 Å². The first-order chi connectivity index (χ1) is 37.5. The Bertz CT molecular complexity index is 2590. The van der Waals surface area contributed by atoms with E-state index in [9.17, 15) is 39.5 Å². The van der Waals surface area contributed by atoms with E-state index in [-0.39, 0.29) is 149 Å². The van der Waals surface area contributed by atoms with Crippen molar-refractivity contribution in [1.29, 1.82) is 0 Å². The van der Waals surface area contributed by atoms with Crippen LogP contribution in [0.15, 0.2) is 22.3 Å². The molecular weight excluding hydrogens is 1140 g/mol. The molecule has 0 heterocycles. The van der Waals surface area contributed by atoms with Gasteiger partial charge in [0.05, 0.1) is 6.10 Å². The van der Waals surface area contributed by atoms with Crippen molar-refractivity contribution in [3.8, 4) is 0 Å². The quantitative estimate of drug-likeness (QED) is 0.0860. The first-order valence-electron chi connectivity index (χ1n) is 31.4. The van der Waals surface area contributed by atoms with Crippen LogP contribution in [0.1, 0.15) is 228 Å². The van der Waals surface area contributed by atoms with E-state index in [1.165, 1.54) is 18.9 Å². The van der Waals surface area contributed by atoms with E-state index in [1.807, 2.05) is 0 Å². The normalized spacial score (nSPS) is 43.2. The van der Waals surface area contributed by atoms with Gasteiger partial charge in [0, 0.05) is 68.2 Å². The van der Waals surface area contributed by atoms with Crippen LogP contribution in [0.3, 0.4) is 0 Å². The summed E-state index contributed by atoms with van der Waals surface area (Å²) in [7, 11) is 9.40. The van der Waals surface area contributed by atoms with E-state index < -0.39 is 34.5 Å².